The van der Waals surface area contributed by atoms with Crippen molar-refractivity contribution in [2.24, 2.45) is 0 Å². The van der Waals surface area contributed by atoms with E-state index in [4.69, 9.17) is 4.74 Å². The Labute approximate surface area is 138 Å². The fraction of sp³-hybridized carbons (Fsp3) is 0.312. The summed E-state index contributed by atoms with van der Waals surface area (Å²) in [5.74, 6) is -1.42. The number of ether oxygens (including phenoxy) is 1. The molecule has 23 heavy (non-hydrogen) atoms. The molecule has 0 aliphatic heterocycles. The zero-order valence-corrected chi connectivity index (χ0v) is 14.1. The van der Waals surface area contributed by atoms with Crippen LogP contribution in [0, 0.1) is 13.8 Å². The first-order chi connectivity index (χ1) is 11.0. The molecule has 0 aliphatic rings. The van der Waals surface area contributed by atoms with Crippen molar-refractivity contribution >= 4 is 28.3 Å². The Hall–Kier alpha value is -2.25. The van der Waals surface area contributed by atoms with Crippen molar-refractivity contribution in [1.82, 2.24) is 10.3 Å². The van der Waals surface area contributed by atoms with Gasteiger partial charge in [-0.15, -0.1) is 11.3 Å². The van der Waals surface area contributed by atoms with Crippen molar-refractivity contribution in [3.63, 3.8) is 0 Å². The summed E-state index contributed by atoms with van der Waals surface area (Å²) in [4.78, 5) is 27.9. The number of aromatic nitrogens is 1. The molecule has 2 aromatic rings. The van der Waals surface area contributed by atoms with Crippen LogP contribution in [-0.4, -0.2) is 23.9 Å². The van der Waals surface area contributed by atoms with E-state index in [1.165, 1.54) is 11.3 Å². The lowest BCUT2D eigenvalue weighted by molar-refractivity contribution is -0.136. The minimum atomic E-state index is -0.729. The van der Waals surface area contributed by atoms with E-state index in [1.807, 2.05) is 32.0 Å². The Morgan fingerprint density at radius 2 is 2.04 bits per heavy atom. The van der Waals surface area contributed by atoms with Crippen LogP contribution in [0.2, 0.25) is 0 Å². The SMILES string of the molecule is COCc1csc(NC(=O)C(=O)NCc2ccc(C)cc2C)n1. The minimum absolute atomic E-state index is 0.311. The van der Waals surface area contributed by atoms with Crippen LogP contribution in [0.3, 0.4) is 0 Å². The summed E-state index contributed by atoms with van der Waals surface area (Å²) >= 11 is 1.25. The summed E-state index contributed by atoms with van der Waals surface area (Å²) in [6, 6.07) is 5.95. The molecule has 0 radical (unpaired) electrons. The molecule has 0 saturated carbocycles. The maximum absolute atomic E-state index is 11.9. The number of carbonyl (C=O) groups excluding carboxylic acids is 2. The second-order valence-electron chi connectivity index (χ2n) is 5.14. The maximum Gasteiger partial charge on any atom is 0.315 e. The van der Waals surface area contributed by atoms with Gasteiger partial charge in [-0.3, -0.25) is 14.9 Å². The van der Waals surface area contributed by atoms with Crippen LogP contribution >= 0.6 is 11.3 Å². The predicted molar refractivity (Wildman–Crippen MR) is 89.2 cm³/mol. The zero-order chi connectivity index (χ0) is 16.8. The van der Waals surface area contributed by atoms with E-state index in [2.05, 4.69) is 15.6 Å². The number of anilines is 1. The van der Waals surface area contributed by atoms with E-state index < -0.39 is 11.8 Å². The lowest BCUT2D eigenvalue weighted by atomic mass is 10.1. The molecule has 0 aliphatic carbocycles. The maximum atomic E-state index is 11.9. The van der Waals surface area contributed by atoms with Crippen LogP contribution in [0.1, 0.15) is 22.4 Å². The van der Waals surface area contributed by atoms with E-state index in [0.717, 1.165) is 16.7 Å². The molecule has 0 unspecified atom stereocenters. The summed E-state index contributed by atoms with van der Waals surface area (Å²) < 4.78 is 4.95. The zero-order valence-electron chi connectivity index (χ0n) is 13.3. The van der Waals surface area contributed by atoms with E-state index in [9.17, 15) is 9.59 Å². The molecule has 0 bridgehead atoms. The lowest BCUT2D eigenvalue weighted by Gasteiger charge is -2.08. The third-order valence-electron chi connectivity index (χ3n) is 3.21. The van der Waals surface area contributed by atoms with Crippen molar-refractivity contribution in [3.8, 4) is 0 Å². The number of nitrogens with zero attached hydrogens (tertiary/aromatic N) is 1. The quantitative estimate of drug-likeness (QED) is 0.822. The van der Waals surface area contributed by atoms with Crippen LogP contribution in [0.25, 0.3) is 0 Å². The molecule has 1 aromatic heterocycles. The number of benzene rings is 1. The molecule has 2 amide bonds. The molecule has 1 heterocycles. The summed E-state index contributed by atoms with van der Waals surface area (Å²) in [7, 11) is 1.57. The van der Waals surface area contributed by atoms with Gasteiger partial charge in [0.1, 0.15) is 0 Å². The van der Waals surface area contributed by atoms with Crippen LogP contribution in [0.4, 0.5) is 5.13 Å². The highest BCUT2D eigenvalue weighted by molar-refractivity contribution is 7.14. The average molecular weight is 333 g/mol. The molecule has 0 saturated heterocycles. The molecule has 6 nitrogen and oxygen atoms in total. The first-order valence-electron chi connectivity index (χ1n) is 7.08. The fourth-order valence-corrected chi connectivity index (χ4v) is 2.72. The molecule has 0 spiro atoms. The van der Waals surface area contributed by atoms with Gasteiger partial charge in [-0.2, -0.15) is 0 Å². The molecule has 1 aromatic carbocycles. The van der Waals surface area contributed by atoms with Gasteiger partial charge in [0.15, 0.2) is 5.13 Å². The number of hydrogen-bond donors (Lipinski definition) is 2. The average Bonchev–Trinajstić information content (AvgIpc) is 2.93. The van der Waals surface area contributed by atoms with Crippen LogP contribution in [0.5, 0.6) is 0 Å². The van der Waals surface area contributed by atoms with Gasteiger partial charge >= 0.3 is 11.8 Å². The standard InChI is InChI=1S/C16H19N3O3S/c1-10-4-5-12(11(2)6-10)7-17-14(20)15(21)19-16-18-13(8-22-3)9-23-16/h4-6,9H,7-8H2,1-3H3,(H,17,20)(H,18,19,21). The predicted octanol–water partition coefficient (Wildman–Crippen LogP) is 2.16. The van der Waals surface area contributed by atoms with Gasteiger partial charge in [0.05, 0.1) is 12.3 Å². The molecule has 0 atom stereocenters. The third-order valence-corrected chi connectivity index (χ3v) is 4.01. The van der Waals surface area contributed by atoms with E-state index in [1.54, 1.807) is 12.5 Å². The number of methoxy groups -OCH3 is 1. The van der Waals surface area contributed by atoms with E-state index in [0.29, 0.717) is 24.0 Å². The molecule has 0 fully saturated rings. The van der Waals surface area contributed by atoms with Crippen LogP contribution in [-0.2, 0) is 27.5 Å². The number of hydrogen-bond acceptors (Lipinski definition) is 5. The van der Waals surface area contributed by atoms with Gasteiger partial charge in [-0.05, 0) is 25.0 Å². The van der Waals surface area contributed by atoms with Crippen molar-refractivity contribution < 1.29 is 14.3 Å². The summed E-state index contributed by atoms with van der Waals surface area (Å²) in [5, 5.41) is 7.24. The van der Waals surface area contributed by atoms with E-state index >= 15 is 0 Å². The molecule has 2 N–H and O–H groups in total. The molecular weight excluding hydrogens is 314 g/mol. The third kappa shape index (κ3) is 4.87. The summed E-state index contributed by atoms with van der Waals surface area (Å²) in [5.41, 5.74) is 3.93. The number of rotatable bonds is 5. The van der Waals surface area contributed by atoms with Crippen molar-refractivity contribution in [2.45, 2.75) is 27.0 Å². The van der Waals surface area contributed by atoms with Gasteiger partial charge in [0.25, 0.3) is 0 Å². The monoisotopic (exact) mass is 333 g/mol. The van der Waals surface area contributed by atoms with Gasteiger partial charge in [0, 0.05) is 19.0 Å². The van der Waals surface area contributed by atoms with Crippen molar-refractivity contribution in [2.75, 3.05) is 12.4 Å². The van der Waals surface area contributed by atoms with Crippen LogP contribution < -0.4 is 10.6 Å². The molecule has 7 heteroatoms. The number of aryl methyl sites for hydroxylation is 2. The van der Waals surface area contributed by atoms with Crippen LogP contribution in [0.15, 0.2) is 23.6 Å². The fourth-order valence-electron chi connectivity index (χ4n) is 2.03. The Kier molecular flexibility index (Phi) is 5.84. The minimum Gasteiger partial charge on any atom is -0.378 e. The van der Waals surface area contributed by atoms with Crippen molar-refractivity contribution in [1.29, 1.82) is 0 Å². The highest BCUT2D eigenvalue weighted by Crippen LogP contribution is 2.15. The molecule has 2 rings (SSSR count). The Morgan fingerprint density at radius 1 is 1.26 bits per heavy atom. The second kappa shape index (κ2) is 7.85. The number of thiazole rings is 1. The van der Waals surface area contributed by atoms with Gasteiger partial charge < -0.3 is 10.1 Å². The highest BCUT2D eigenvalue weighted by Gasteiger charge is 2.15. The van der Waals surface area contributed by atoms with E-state index in [-0.39, 0.29) is 0 Å². The largest absolute Gasteiger partial charge is 0.378 e. The smallest absolute Gasteiger partial charge is 0.315 e. The topological polar surface area (TPSA) is 80.3 Å². The lowest BCUT2D eigenvalue weighted by Crippen LogP contribution is -2.35. The summed E-state index contributed by atoms with van der Waals surface area (Å²) in [6.45, 7) is 4.66. The number of amides is 2. The first-order valence-corrected chi connectivity index (χ1v) is 7.96. The highest BCUT2D eigenvalue weighted by atomic mass is 32.1. The Balaban J connectivity index is 1.88. The molecule has 122 valence electrons. The number of nitrogens with one attached hydrogen (secondary N) is 2. The Morgan fingerprint density at radius 3 is 2.74 bits per heavy atom. The second-order valence-corrected chi connectivity index (χ2v) is 6.00. The summed E-state index contributed by atoms with van der Waals surface area (Å²) in [6.07, 6.45) is 0. The number of carbonyl (C=O) groups is 2. The molecular formula is C16H19N3O3S. The Bertz CT molecular complexity index is 712. The van der Waals surface area contributed by atoms with Gasteiger partial charge in [0.2, 0.25) is 0 Å². The first kappa shape index (κ1) is 17.1. The van der Waals surface area contributed by atoms with Gasteiger partial charge in [-0.25, -0.2) is 4.98 Å². The van der Waals surface area contributed by atoms with Gasteiger partial charge in [-0.1, -0.05) is 23.8 Å². The van der Waals surface area contributed by atoms with Crippen molar-refractivity contribution in [3.05, 3.63) is 46.0 Å². The normalized spacial score (nSPS) is 10.4.